The average molecular weight is 486 g/mol. The number of sulfone groups is 1. The molecule has 0 amide bonds. The Balaban J connectivity index is 0.000000235. The monoisotopic (exact) mass is 485 g/mol. The highest BCUT2D eigenvalue weighted by Crippen LogP contribution is 2.38. The summed E-state index contributed by atoms with van der Waals surface area (Å²) in [6, 6.07) is 19.8. The van der Waals surface area contributed by atoms with Crippen molar-refractivity contribution in [3.63, 3.8) is 0 Å². The Hall–Kier alpha value is -2.81. The maximum Gasteiger partial charge on any atom is 0.209 e. The van der Waals surface area contributed by atoms with E-state index in [1.807, 2.05) is 25.1 Å². The first-order valence-corrected chi connectivity index (χ1v) is 13.4. The molecule has 33 heavy (non-hydrogen) atoms. The molecule has 1 heterocycles. The zero-order valence-corrected chi connectivity index (χ0v) is 20.7. The molecular weight excluding hydrogens is 458 g/mol. The van der Waals surface area contributed by atoms with Gasteiger partial charge in [0.2, 0.25) is 15.5 Å². The van der Waals surface area contributed by atoms with Gasteiger partial charge in [0.1, 0.15) is 16.7 Å². The van der Waals surface area contributed by atoms with Crippen LogP contribution in [0.3, 0.4) is 0 Å². The van der Waals surface area contributed by atoms with Gasteiger partial charge in [0.15, 0.2) is 6.21 Å². The highest BCUT2D eigenvalue weighted by atomic mass is 32.2. The Morgan fingerprint density at radius 3 is 1.94 bits per heavy atom. The number of hydrogen-bond donors (Lipinski definition) is 0. The van der Waals surface area contributed by atoms with Gasteiger partial charge in [0.05, 0.1) is 20.1 Å². The molecule has 3 aromatic carbocycles. The van der Waals surface area contributed by atoms with Crippen molar-refractivity contribution in [1.29, 1.82) is 0 Å². The number of hydrogen-bond acceptors (Lipinski definition) is 5. The van der Waals surface area contributed by atoms with Crippen LogP contribution in [0.2, 0.25) is 0 Å². The molecule has 174 valence electrons. The van der Waals surface area contributed by atoms with E-state index >= 15 is 0 Å². The smallest absolute Gasteiger partial charge is 0.209 e. The van der Waals surface area contributed by atoms with Gasteiger partial charge in [-0.1, -0.05) is 35.9 Å². The van der Waals surface area contributed by atoms with Crippen molar-refractivity contribution in [3.05, 3.63) is 83.9 Å². The van der Waals surface area contributed by atoms with E-state index < -0.39 is 20.0 Å². The summed E-state index contributed by atoms with van der Waals surface area (Å²) in [7, 11) is -7.74. The summed E-state index contributed by atoms with van der Waals surface area (Å²) in [4.78, 5) is 0.516. The first-order chi connectivity index (χ1) is 15.4. The van der Waals surface area contributed by atoms with E-state index in [0.29, 0.717) is 9.79 Å². The van der Waals surface area contributed by atoms with Gasteiger partial charge in [-0.05, 0) is 64.1 Å². The van der Waals surface area contributed by atoms with Crippen LogP contribution >= 0.6 is 0 Å². The lowest BCUT2D eigenvalue weighted by Gasteiger charge is -2.13. The van der Waals surface area contributed by atoms with E-state index in [4.69, 9.17) is 0 Å². The van der Waals surface area contributed by atoms with E-state index in [1.54, 1.807) is 42.5 Å². The number of fused-ring (bicyclic) bond motifs is 1. The second kappa shape index (κ2) is 9.21. The predicted octanol–water partition coefficient (Wildman–Crippen LogP) is 4.44. The molecule has 0 radical (unpaired) electrons. The van der Waals surface area contributed by atoms with Crippen LogP contribution in [-0.4, -0.2) is 38.7 Å². The molecule has 0 saturated carbocycles. The lowest BCUT2D eigenvalue weighted by Crippen LogP contribution is -2.17. The summed E-state index contributed by atoms with van der Waals surface area (Å²) >= 11 is 0. The Morgan fingerprint density at radius 2 is 1.39 bits per heavy atom. The molecular formula is C25H27NO5S2. The standard InChI is InChI=1S/C18H20NO2S.C7H8O3S/c1-4-19-13-18(2,3)16-12-15(10-11-17(16)19)22(20,21)14-8-6-5-7-9-14;1-6-2-4-7(5-3-6)11(8,9)10/h5-13H,4H2,1-3H3;2-5H,1H3,(H,8,9,10)/q+1;/p-1. The summed E-state index contributed by atoms with van der Waals surface area (Å²) in [5, 5.41) is 0. The zero-order valence-electron chi connectivity index (χ0n) is 19.0. The van der Waals surface area contributed by atoms with Gasteiger partial charge in [-0.2, -0.15) is 0 Å². The summed E-state index contributed by atoms with van der Waals surface area (Å²) in [6.07, 6.45) is 2.16. The quantitative estimate of drug-likeness (QED) is 0.402. The predicted molar refractivity (Wildman–Crippen MR) is 127 cm³/mol. The van der Waals surface area contributed by atoms with Gasteiger partial charge in [-0.15, -0.1) is 0 Å². The second-order valence-electron chi connectivity index (χ2n) is 8.40. The summed E-state index contributed by atoms with van der Waals surface area (Å²) in [5.41, 5.74) is 2.93. The van der Waals surface area contributed by atoms with Gasteiger partial charge < -0.3 is 4.55 Å². The zero-order chi connectivity index (χ0) is 24.4. The molecule has 0 aliphatic carbocycles. The lowest BCUT2D eigenvalue weighted by atomic mass is 9.87. The highest BCUT2D eigenvalue weighted by molar-refractivity contribution is 7.91. The Bertz CT molecular complexity index is 1390. The van der Waals surface area contributed by atoms with Crippen molar-refractivity contribution in [3.8, 4) is 0 Å². The van der Waals surface area contributed by atoms with Crippen molar-refractivity contribution >= 4 is 31.9 Å². The molecule has 1 aliphatic heterocycles. The Morgan fingerprint density at radius 1 is 0.818 bits per heavy atom. The molecule has 0 unspecified atom stereocenters. The summed E-state index contributed by atoms with van der Waals surface area (Å²) in [6.45, 7) is 9.01. The fourth-order valence-corrected chi connectivity index (χ4v) is 5.46. The normalized spacial score (nSPS) is 14.6. The molecule has 0 saturated heterocycles. The van der Waals surface area contributed by atoms with Crippen molar-refractivity contribution < 1.29 is 26.0 Å². The van der Waals surface area contributed by atoms with E-state index in [9.17, 15) is 21.4 Å². The van der Waals surface area contributed by atoms with Crippen LogP contribution in [0, 0.1) is 6.92 Å². The largest absolute Gasteiger partial charge is 0.744 e. The molecule has 6 nitrogen and oxygen atoms in total. The van der Waals surface area contributed by atoms with Crippen LogP contribution in [-0.2, 0) is 25.4 Å². The van der Waals surface area contributed by atoms with E-state index in [0.717, 1.165) is 23.4 Å². The second-order valence-corrected chi connectivity index (χ2v) is 11.7. The first kappa shape index (κ1) is 24.8. The van der Waals surface area contributed by atoms with E-state index in [-0.39, 0.29) is 10.3 Å². The topological polar surface area (TPSA) is 94.3 Å². The van der Waals surface area contributed by atoms with Crippen LogP contribution in [0.1, 0.15) is 31.9 Å². The minimum atomic E-state index is -4.27. The molecule has 0 spiro atoms. The van der Waals surface area contributed by atoms with Gasteiger partial charge >= 0.3 is 0 Å². The minimum absolute atomic E-state index is 0.159. The molecule has 0 aromatic heterocycles. The molecule has 0 fully saturated rings. The highest BCUT2D eigenvalue weighted by Gasteiger charge is 2.37. The summed E-state index contributed by atoms with van der Waals surface area (Å²) < 4.78 is 58.9. The first-order valence-electron chi connectivity index (χ1n) is 10.5. The number of rotatable bonds is 4. The van der Waals surface area contributed by atoms with Gasteiger partial charge in [-0.3, -0.25) is 0 Å². The maximum absolute atomic E-state index is 12.8. The molecule has 4 rings (SSSR count). The number of nitrogens with zero attached hydrogens (tertiary/aromatic N) is 1. The molecule has 0 bridgehead atoms. The van der Waals surface area contributed by atoms with Crippen LogP contribution in [0.4, 0.5) is 5.69 Å². The van der Waals surface area contributed by atoms with Crippen molar-refractivity contribution in [1.82, 2.24) is 0 Å². The van der Waals surface area contributed by atoms with E-state index in [2.05, 4.69) is 31.6 Å². The Kier molecular flexibility index (Phi) is 6.93. The van der Waals surface area contributed by atoms with Gasteiger partial charge in [0, 0.05) is 11.6 Å². The fourth-order valence-electron chi connectivity index (χ4n) is 3.68. The van der Waals surface area contributed by atoms with Gasteiger partial charge in [-0.25, -0.2) is 21.4 Å². The third kappa shape index (κ3) is 5.40. The lowest BCUT2D eigenvalue weighted by molar-refractivity contribution is -0.428. The SMILES string of the molecule is CC[N+]1=CC(C)(C)c2cc(S(=O)(=O)c3ccccc3)ccc21.Cc1ccc(S(=O)(=O)[O-])cc1. The minimum Gasteiger partial charge on any atom is -0.744 e. The molecule has 0 atom stereocenters. The average Bonchev–Trinajstić information content (AvgIpc) is 3.04. The third-order valence-electron chi connectivity index (χ3n) is 5.46. The third-order valence-corrected chi connectivity index (χ3v) is 8.08. The van der Waals surface area contributed by atoms with Crippen molar-refractivity contribution in [2.45, 2.75) is 47.8 Å². The number of aryl methyl sites for hydroxylation is 1. The fraction of sp³-hybridized carbons (Fsp3) is 0.240. The van der Waals surface area contributed by atoms with Crippen molar-refractivity contribution in [2.75, 3.05) is 6.54 Å². The number of benzene rings is 3. The van der Waals surface area contributed by atoms with Crippen LogP contribution < -0.4 is 0 Å². The van der Waals surface area contributed by atoms with Crippen LogP contribution in [0.15, 0.2) is 87.5 Å². The summed E-state index contributed by atoms with van der Waals surface area (Å²) in [5.74, 6) is 0. The van der Waals surface area contributed by atoms with Crippen LogP contribution in [0.25, 0.3) is 0 Å². The Labute approximate surface area is 195 Å². The van der Waals surface area contributed by atoms with Crippen molar-refractivity contribution in [2.24, 2.45) is 0 Å². The van der Waals surface area contributed by atoms with Gasteiger partial charge in [0.25, 0.3) is 0 Å². The maximum atomic E-state index is 12.8. The molecule has 0 N–H and O–H groups in total. The van der Waals surface area contributed by atoms with E-state index in [1.165, 1.54) is 12.1 Å². The molecule has 1 aliphatic rings. The van der Waals surface area contributed by atoms with Crippen LogP contribution in [0.5, 0.6) is 0 Å². The molecule has 8 heteroatoms. The molecule has 3 aromatic rings.